The van der Waals surface area contributed by atoms with Gasteiger partial charge >= 0.3 is 5.97 Å². The Balaban J connectivity index is 1.69. The third-order valence-electron chi connectivity index (χ3n) is 3.79. The zero-order valence-electron chi connectivity index (χ0n) is 15.7. The van der Waals surface area contributed by atoms with Crippen LogP contribution in [0.5, 0.6) is 11.5 Å². The number of carboxylic acids is 1. The maximum absolute atomic E-state index is 11.5. The Labute approximate surface area is 159 Å². The van der Waals surface area contributed by atoms with Gasteiger partial charge < -0.3 is 19.9 Å². The molecule has 2 aromatic rings. The lowest BCUT2D eigenvalue weighted by atomic mass is 10.1. The Morgan fingerprint density at radius 2 is 1.48 bits per heavy atom. The highest BCUT2D eigenvalue weighted by Gasteiger charge is 2.05. The maximum Gasteiger partial charge on any atom is 0.303 e. The molecular formula is C21H25NO5. The quantitative estimate of drug-likeness (QED) is 0.626. The molecule has 2 N–H and O–H groups in total. The van der Waals surface area contributed by atoms with Crippen molar-refractivity contribution < 1.29 is 24.2 Å². The van der Waals surface area contributed by atoms with Gasteiger partial charge in [0.25, 0.3) is 0 Å². The molecule has 0 aromatic heterocycles. The summed E-state index contributed by atoms with van der Waals surface area (Å²) < 4.78 is 11.4. The number of aliphatic carboxylic acids is 1. The Hall–Kier alpha value is -3.02. The van der Waals surface area contributed by atoms with Gasteiger partial charge in [-0.2, -0.15) is 0 Å². The van der Waals surface area contributed by atoms with Gasteiger partial charge in [-0.25, -0.2) is 0 Å². The van der Waals surface area contributed by atoms with Crippen LogP contribution in [0.15, 0.2) is 42.5 Å². The van der Waals surface area contributed by atoms with Crippen LogP contribution >= 0.6 is 0 Å². The number of ether oxygens (including phenoxy) is 2. The standard InChI is InChI=1S/C21H25NO5/c1-15-11-16(2)13-19(12-15)27-10-9-26-18-5-3-17(4-6-18)14-22-20(23)7-8-21(24)25/h3-6,11-13H,7-10,14H2,1-2H3,(H,22,23)(H,24,25). The summed E-state index contributed by atoms with van der Waals surface area (Å²) in [6.45, 7) is 5.30. The second kappa shape index (κ2) is 10.2. The first-order valence-corrected chi connectivity index (χ1v) is 8.84. The molecule has 0 heterocycles. The van der Waals surface area contributed by atoms with Crippen LogP contribution in [0.1, 0.15) is 29.5 Å². The third kappa shape index (κ3) is 7.81. The zero-order valence-corrected chi connectivity index (χ0v) is 15.7. The summed E-state index contributed by atoms with van der Waals surface area (Å²) in [5.41, 5.74) is 3.24. The lowest BCUT2D eigenvalue weighted by Gasteiger charge is -2.10. The third-order valence-corrected chi connectivity index (χ3v) is 3.79. The molecule has 1 amide bonds. The Bertz CT molecular complexity index is 750. The van der Waals surface area contributed by atoms with E-state index in [2.05, 4.69) is 11.4 Å². The van der Waals surface area contributed by atoms with E-state index in [1.807, 2.05) is 50.2 Å². The molecule has 2 aromatic carbocycles. The van der Waals surface area contributed by atoms with E-state index in [-0.39, 0.29) is 18.7 Å². The number of hydrogen-bond donors (Lipinski definition) is 2. The van der Waals surface area contributed by atoms with Gasteiger partial charge in [0, 0.05) is 13.0 Å². The van der Waals surface area contributed by atoms with Crippen LogP contribution in [0.4, 0.5) is 0 Å². The predicted molar refractivity (Wildman–Crippen MR) is 102 cm³/mol. The Morgan fingerprint density at radius 1 is 0.889 bits per heavy atom. The van der Waals surface area contributed by atoms with Crippen molar-refractivity contribution in [1.29, 1.82) is 0 Å². The summed E-state index contributed by atoms with van der Waals surface area (Å²) in [5.74, 6) is 0.305. The number of benzene rings is 2. The fourth-order valence-electron chi connectivity index (χ4n) is 2.55. The summed E-state index contributed by atoms with van der Waals surface area (Å²) in [5, 5.41) is 11.2. The molecule has 144 valence electrons. The van der Waals surface area contributed by atoms with Crippen LogP contribution in [0, 0.1) is 13.8 Å². The fraction of sp³-hybridized carbons (Fsp3) is 0.333. The van der Waals surface area contributed by atoms with E-state index in [1.165, 1.54) is 0 Å². The summed E-state index contributed by atoms with van der Waals surface area (Å²) in [4.78, 5) is 21.9. The number of nitrogens with one attached hydrogen (secondary N) is 1. The minimum atomic E-state index is -0.979. The predicted octanol–water partition coefficient (Wildman–Crippen LogP) is 3.24. The summed E-state index contributed by atoms with van der Waals surface area (Å²) in [7, 11) is 0. The number of amides is 1. The maximum atomic E-state index is 11.5. The highest BCUT2D eigenvalue weighted by Crippen LogP contribution is 2.16. The minimum absolute atomic E-state index is 0.0169. The van der Waals surface area contributed by atoms with E-state index < -0.39 is 5.97 Å². The van der Waals surface area contributed by atoms with Crippen molar-refractivity contribution >= 4 is 11.9 Å². The van der Waals surface area contributed by atoms with Gasteiger partial charge in [-0.1, -0.05) is 18.2 Å². The number of carbonyl (C=O) groups is 2. The lowest BCUT2D eigenvalue weighted by molar-refractivity contribution is -0.138. The van der Waals surface area contributed by atoms with Crippen LogP contribution in [0.2, 0.25) is 0 Å². The Kier molecular flexibility index (Phi) is 7.67. The molecule has 0 spiro atoms. The molecule has 0 fully saturated rings. The Morgan fingerprint density at radius 3 is 2.07 bits per heavy atom. The smallest absolute Gasteiger partial charge is 0.303 e. The molecule has 0 saturated heterocycles. The van der Waals surface area contributed by atoms with Gasteiger partial charge in [0.05, 0.1) is 6.42 Å². The molecule has 0 saturated carbocycles. The average Bonchev–Trinajstić information content (AvgIpc) is 2.62. The molecule has 6 heteroatoms. The summed E-state index contributed by atoms with van der Waals surface area (Å²) in [6.07, 6.45) is -0.181. The van der Waals surface area contributed by atoms with E-state index in [1.54, 1.807) is 0 Å². The van der Waals surface area contributed by atoms with E-state index in [0.29, 0.717) is 19.8 Å². The average molecular weight is 371 g/mol. The van der Waals surface area contributed by atoms with Gasteiger partial charge in [0.15, 0.2) is 0 Å². The minimum Gasteiger partial charge on any atom is -0.490 e. The second-order valence-corrected chi connectivity index (χ2v) is 6.33. The largest absolute Gasteiger partial charge is 0.490 e. The molecular weight excluding hydrogens is 346 g/mol. The molecule has 0 aliphatic rings. The number of rotatable bonds is 10. The van der Waals surface area contributed by atoms with Crippen LogP contribution in [-0.2, 0) is 16.1 Å². The molecule has 27 heavy (non-hydrogen) atoms. The molecule has 0 aliphatic heterocycles. The molecule has 0 radical (unpaired) electrons. The topological polar surface area (TPSA) is 84.9 Å². The summed E-state index contributed by atoms with van der Waals surface area (Å²) in [6, 6.07) is 13.5. The van der Waals surface area contributed by atoms with Crippen molar-refractivity contribution in [2.45, 2.75) is 33.2 Å². The molecule has 0 atom stereocenters. The van der Waals surface area contributed by atoms with Crippen molar-refractivity contribution in [3.8, 4) is 11.5 Å². The summed E-state index contributed by atoms with van der Waals surface area (Å²) >= 11 is 0. The van der Waals surface area contributed by atoms with Crippen LogP contribution in [0.25, 0.3) is 0 Å². The normalized spacial score (nSPS) is 10.3. The van der Waals surface area contributed by atoms with Crippen LogP contribution in [-0.4, -0.2) is 30.2 Å². The van der Waals surface area contributed by atoms with Gasteiger partial charge in [0.1, 0.15) is 24.7 Å². The van der Waals surface area contributed by atoms with Gasteiger partial charge in [0.2, 0.25) is 5.91 Å². The molecule has 6 nitrogen and oxygen atoms in total. The lowest BCUT2D eigenvalue weighted by Crippen LogP contribution is -2.23. The van der Waals surface area contributed by atoms with E-state index >= 15 is 0 Å². The molecule has 0 bridgehead atoms. The first-order chi connectivity index (χ1) is 12.9. The van der Waals surface area contributed by atoms with E-state index in [0.717, 1.165) is 28.2 Å². The van der Waals surface area contributed by atoms with E-state index in [4.69, 9.17) is 14.6 Å². The highest BCUT2D eigenvalue weighted by atomic mass is 16.5. The first kappa shape index (κ1) is 20.3. The van der Waals surface area contributed by atoms with Gasteiger partial charge in [-0.05, 0) is 54.8 Å². The van der Waals surface area contributed by atoms with Crippen LogP contribution in [0.3, 0.4) is 0 Å². The van der Waals surface area contributed by atoms with Crippen molar-refractivity contribution in [2.75, 3.05) is 13.2 Å². The van der Waals surface area contributed by atoms with E-state index in [9.17, 15) is 9.59 Å². The van der Waals surface area contributed by atoms with Crippen molar-refractivity contribution in [3.63, 3.8) is 0 Å². The number of aryl methyl sites for hydroxylation is 2. The van der Waals surface area contributed by atoms with Gasteiger partial charge in [-0.3, -0.25) is 9.59 Å². The van der Waals surface area contributed by atoms with Crippen molar-refractivity contribution in [2.24, 2.45) is 0 Å². The van der Waals surface area contributed by atoms with Crippen molar-refractivity contribution in [3.05, 3.63) is 59.2 Å². The first-order valence-electron chi connectivity index (χ1n) is 8.84. The van der Waals surface area contributed by atoms with Crippen LogP contribution < -0.4 is 14.8 Å². The fourth-order valence-corrected chi connectivity index (χ4v) is 2.55. The number of hydrogen-bond acceptors (Lipinski definition) is 4. The molecule has 0 unspecified atom stereocenters. The molecule has 0 aliphatic carbocycles. The molecule has 2 rings (SSSR count). The number of carboxylic acid groups (broad SMARTS) is 1. The van der Waals surface area contributed by atoms with Crippen molar-refractivity contribution in [1.82, 2.24) is 5.32 Å². The second-order valence-electron chi connectivity index (χ2n) is 6.33. The zero-order chi connectivity index (χ0) is 19.6. The SMILES string of the molecule is Cc1cc(C)cc(OCCOc2ccc(CNC(=O)CCC(=O)O)cc2)c1. The monoisotopic (exact) mass is 371 g/mol. The number of carbonyl (C=O) groups excluding carboxylic acids is 1. The highest BCUT2D eigenvalue weighted by molar-refractivity contribution is 5.80. The van der Waals surface area contributed by atoms with Gasteiger partial charge in [-0.15, -0.1) is 0 Å².